The summed E-state index contributed by atoms with van der Waals surface area (Å²) in [5.74, 6) is -0.00901. The molecule has 0 aliphatic heterocycles. The standard InChI is InChI=1S/C20H23FO3/c1-4-14(3)19(21)20(22)24-18-12-8-16(9-13-18)15-6-10-17(11-7-15)23-5-2/h6-14,19H,4-5H2,1-3H3. The van der Waals surface area contributed by atoms with Crippen molar-refractivity contribution >= 4 is 5.97 Å². The van der Waals surface area contributed by atoms with Crippen LogP contribution < -0.4 is 9.47 Å². The number of hydrogen-bond acceptors (Lipinski definition) is 3. The molecule has 2 aromatic rings. The molecule has 0 fully saturated rings. The Morgan fingerprint density at radius 1 is 0.958 bits per heavy atom. The van der Waals surface area contributed by atoms with Gasteiger partial charge in [0.25, 0.3) is 0 Å². The second-order valence-corrected chi connectivity index (χ2v) is 5.69. The van der Waals surface area contributed by atoms with E-state index in [1.54, 1.807) is 19.1 Å². The Morgan fingerprint density at radius 2 is 1.46 bits per heavy atom. The third-order valence-corrected chi connectivity index (χ3v) is 3.94. The van der Waals surface area contributed by atoms with Crippen molar-refractivity contribution in [3.63, 3.8) is 0 Å². The first-order valence-corrected chi connectivity index (χ1v) is 8.24. The normalized spacial score (nSPS) is 13.2. The van der Waals surface area contributed by atoms with Gasteiger partial charge in [0.1, 0.15) is 11.5 Å². The molecule has 2 atom stereocenters. The molecule has 2 rings (SSSR count). The molecule has 0 aromatic heterocycles. The summed E-state index contributed by atoms with van der Waals surface area (Å²) < 4.78 is 24.4. The van der Waals surface area contributed by atoms with Crippen molar-refractivity contribution in [3.05, 3.63) is 48.5 Å². The van der Waals surface area contributed by atoms with Crippen LogP contribution in [0.15, 0.2) is 48.5 Å². The Labute approximate surface area is 142 Å². The Bertz CT molecular complexity index is 650. The molecular formula is C20H23FO3. The van der Waals surface area contributed by atoms with Gasteiger partial charge < -0.3 is 9.47 Å². The maximum atomic E-state index is 13.8. The van der Waals surface area contributed by atoms with Crippen LogP contribution in [0.1, 0.15) is 27.2 Å². The number of carbonyl (C=O) groups is 1. The summed E-state index contributed by atoms with van der Waals surface area (Å²) in [7, 11) is 0. The van der Waals surface area contributed by atoms with Crippen LogP contribution in [0.2, 0.25) is 0 Å². The van der Waals surface area contributed by atoms with Crippen molar-refractivity contribution in [1.82, 2.24) is 0 Å². The second kappa shape index (κ2) is 8.48. The number of alkyl halides is 1. The van der Waals surface area contributed by atoms with E-state index in [4.69, 9.17) is 9.47 Å². The van der Waals surface area contributed by atoms with E-state index < -0.39 is 12.1 Å². The molecule has 0 amide bonds. The lowest BCUT2D eigenvalue weighted by molar-refractivity contribution is -0.141. The summed E-state index contributed by atoms with van der Waals surface area (Å²) in [5, 5.41) is 0. The molecule has 0 aliphatic rings. The predicted molar refractivity (Wildman–Crippen MR) is 93.0 cm³/mol. The summed E-state index contributed by atoms with van der Waals surface area (Å²) in [6.07, 6.45) is -1.01. The lowest BCUT2D eigenvalue weighted by Crippen LogP contribution is -2.27. The highest BCUT2D eigenvalue weighted by Gasteiger charge is 2.25. The van der Waals surface area contributed by atoms with Gasteiger partial charge in [-0.3, -0.25) is 0 Å². The average Bonchev–Trinajstić information content (AvgIpc) is 2.62. The zero-order chi connectivity index (χ0) is 17.5. The van der Waals surface area contributed by atoms with E-state index in [9.17, 15) is 9.18 Å². The predicted octanol–water partition coefficient (Wildman–Crippen LogP) is 5.04. The largest absolute Gasteiger partial charge is 0.494 e. The van der Waals surface area contributed by atoms with E-state index in [2.05, 4.69) is 0 Å². The number of benzene rings is 2. The van der Waals surface area contributed by atoms with Gasteiger partial charge in [-0.2, -0.15) is 0 Å². The van der Waals surface area contributed by atoms with Crippen LogP contribution in [-0.2, 0) is 4.79 Å². The minimum absolute atomic E-state index is 0.347. The topological polar surface area (TPSA) is 35.5 Å². The van der Waals surface area contributed by atoms with Crippen molar-refractivity contribution < 1.29 is 18.7 Å². The average molecular weight is 330 g/mol. The fourth-order valence-electron chi connectivity index (χ4n) is 2.24. The minimum atomic E-state index is -1.60. The maximum Gasteiger partial charge on any atom is 0.346 e. The molecular weight excluding hydrogens is 307 g/mol. The van der Waals surface area contributed by atoms with Crippen LogP contribution >= 0.6 is 0 Å². The number of carbonyl (C=O) groups excluding carboxylic acids is 1. The zero-order valence-electron chi connectivity index (χ0n) is 14.3. The molecule has 0 N–H and O–H groups in total. The molecule has 4 heteroatoms. The smallest absolute Gasteiger partial charge is 0.346 e. The highest BCUT2D eigenvalue weighted by Crippen LogP contribution is 2.25. The Kier molecular flexibility index (Phi) is 6.36. The van der Waals surface area contributed by atoms with Gasteiger partial charge in [0.05, 0.1) is 6.61 Å². The fourth-order valence-corrected chi connectivity index (χ4v) is 2.24. The van der Waals surface area contributed by atoms with E-state index in [0.29, 0.717) is 18.8 Å². The number of halogens is 1. The molecule has 0 bridgehead atoms. The van der Waals surface area contributed by atoms with Gasteiger partial charge in [-0.25, -0.2) is 9.18 Å². The van der Waals surface area contributed by atoms with E-state index in [-0.39, 0.29) is 5.92 Å². The monoisotopic (exact) mass is 330 g/mol. The van der Waals surface area contributed by atoms with Gasteiger partial charge in [-0.05, 0) is 48.2 Å². The summed E-state index contributed by atoms with van der Waals surface area (Å²) >= 11 is 0. The molecule has 24 heavy (non-hydrogen) atoms. The van der Waals surface area contributed by atoms with Gasteiger partial charge in [0, 0.05) is 0 Å². The van der Waals surface area contributed by atoms with Gasteiger partial charge in [-0.15, -0.1) is 0 Å². The summed E-state index contributed by atoms with van der Waals surface area (Å²) in [5.41, 5.74) is 2.01. The van der Waals surface area contributed by atoms with Crippen LogP contribution in [0.25, 0.3) is 11.1 Å². The minimum Gasteiger partial charge on any atom is -0.494 e. The first kappa shape index (κ1) is 18.0. The quantitative estimate of drug-likeness (QED) is 0.527. The lowest BCUT2D eigenvalue weighted by Gasteiger charge is -2.13. The Hall–Kier alpha value is -2.36. The van der Waals surface area contributed by atoms with Crippen molar-refractivity contribution in [3.8, 4) is 22.6 Å². The molecule has 0 saturated carbocycles. The lowest BCUT2D eigenvalue weighted by atomic mass is 10.0. The Morgan fingerprint density at radius 3 is 1.92 bits per heavy atom. The third kappa shape index (κ3) is 4.57. The molecule has 0 saturated heterocycles. The van der Waals surface area contributed by atoms with Crippen molar-refractivity contribution in [1.29, 1.82) is 0 Å². The molecule has 2 aromatic carbocycles. The highest BCUT2D eigenvalue weighted by molar-refractivity contribution is 5.77. The highest BCUT2D eigenvalue weighted by atomic mass is 19.1. The van der Waals surface area contributed by atoms with Crippen molar-refractivity contribution in [2.75, 3.05) is 6.61 Å². The molecule has 0 aliphatic carbocycles. The van der Waals surface area contributed by atoms with E-state index in [1.807, 2.05) is 50.2 Å². The number of hydrogen-bond donors (Lipinski definition) is 0. The number of esters is 1. The first-order valence-electron chi connectivity index (χ1n) is 8.24. The molecule has 128 valence electrons. The fraction of sp³-hybridized carbons (Fsp3) is 0.350. The summed E-state index contributed by atoms with van der Waals surface area (Å²) in [4.78, 5) is 11.8. The van der Waals surface area contributed by atoms with Crippen molar-refractivity contribution in [2.45, 2.75) is 33.4 Å². The second-order valence-electron chi connectivity index (χ2n) is 5.69. The van der Waals surface area contributed by atoms with Crippen LogP contribution in [0.4, 0.5) is 4.39 Å². The van der Waals surface area contributed by atoms with Gasteiger partial charge >= 0.3 is 5.97 Å². The zero-order valence-corrected chi connectivity index (χ0v) is 14.3. The molecule has 0 radical (unpaired) electrons. The third-order valence-electron chi connectivity index (χ3n) is 3.94. The molecule has 0 spiro atoms. The van der Waals surface area contributed by atoms with Crippen LogP contribution in [0.3, 0.4) is 0 Å². The summed E-state index contributed by atoms with van der Waals surface area (Å²) in [6.45, 7) is 6.11. The van der Waals surface area contributed by atoms with E-state index >= 15 is 0 Å². The van der Waals surface area contributed by atoms with Crippen LogP contribution in [-0.4, -0.2) is 18.7 Å². The van der Waals surface area contributed by atoms with E-state index in [0.717, 1.165) is 16.9 Å². The number of rotatable bonds is 7. The van der Waals surface area contributed by atoms with Crippen molar-refractivity contribution in [2.24, 2.45) is 5.92 Å². The molecule has 2 unspecified atom stereocenters. The summed E-state index contributed by atoms with van der Waals surface area (Å²) in [6, 6.07) is 14.8. The van der Waals surface area contributed by atoms with Gasteiger partial charge in [0.15, 0.2) is 6.17 Å². The van der Waals surface area contributed by atoms with Gasteiger partial charge in [0.2, 0.25) is 0 Å². The van der Waals surface area contributed by atoms with Crippen LogP contribution in [0, 0.1) is 5.92 Å². The SMILES string of the molecule is CCOc1ccc(-c2ccc(OC(=O)C(F)C(C)CC)cc2)cc1. The Balaban J connectivity index is 2.03. The first-order chi connectivity index (χ1) is 11.5. The molecule has 0 heterocycles. The number of ether oxygens (including phenoxy) is 2. The maximum absolute atomic E-state index is 13.8. The van der Waals surface area contributed by atoms with Gasteiger partial charge in [-0.1, -0.05) is 44.5 Å². The van der Waals surface area contributed by atoms with Crippen LogP contribution in [0.5, 0.6) is 11.5 Å². The molecule has 3 nitrogen and oxygen atoms in total. The van der Waals surface area contributed by atoms with E-state index in [1.165, 1.54) is 0 Å².